The van der Waals surface area contributed by atoms with Gasteiger partial charge in [-0.25, -0.2) is 0 Å². The van der Waals surface area contributed by atoms with E-state index in [1.807, 2.05) is 12.1 Å². The van der Waals surface area contributed by atoms with Crippen LogP contribution in [0.2, 0.25) is 0 Å². The Morgan fingerprint density at radius 3 is 2.32 bits per heavy atom. The molecule has 3 nitrogen and oxygen atoms in total. The van der Waals surface area contributed by atoms with Gasteiger partial charge in [-0.15, -0.1) is 0 Å². The molecule has 2 rings (SSSR count). The molecule has 3 heteroatoms. The van der Waals surface area contributed by atoms with Crippen molar-refractivity contribution < 1.29 is 14.7 Å². The molecule has 0 spiro atoms. The summed E-state index contributed by atoms with van der Waals surface area (Å²) in [6.07, 6.45) is 2.18. The number of rotatable bonds is 4. The average molecular weight is 302 g/mol. The molecule has 0 fully saturated rings. The lowest BCUT2D eigenvalue weighted by atomic mass is 9.61. The van der Waals surface area contributed by atoms with Crippen LogP contribution in [0.4, 0.5) is 0 Å². The summed E-state index contributed by atoms with van der Waals surface area (Å²) in [6, 6.07) is 5.91. The number of hydrogen-bond donors (Lipinski definition) is 1. The van der Waals surface area contributed by atoms with Crippen LogP contribution in [0.15, 0.2) is 18.2 Å². The third-order valence-corrected chi connectivity index (χ3v) is 5.06. The number of carbonyl (C=O) groups excluding carboxylic acids is 1. The van der Waals surface area contributed by atoms with Gasteiger partial charge in [-0.05, 0) is 34.8 Å². The molecular weight excluding hydrogens is 276 g/mol. The van der Waals surface area contributed by atoms with Gasteiger partial charge in [-0.1, -0.05) is 52.8 Å². The van der Waals surface area contributed by atoms with Crippen molar-refractivity contribution in [1.82, 2.24) is 0 Å². The molecular formula is C19H26O3. The zero-order valence-corrected chi connectivity index (χ0v) is 14.2. The van der Waals surface area contributed by atoms with Crippen LogP contribution in [0.1, 0.15) is 75.4 Å². The third-order valence-electron chi connectivity index (χ3n) is 5.06. The number of carboxylic acids is 1. The molecule has 1 aliphatic rings. The van der Waals surface area contributed by atoms with Gasteiger partial charge in [0.2, 0.25) is 0 Å². The van der Waals surface area contributed by atoms with E-state index in [1.54, 1.807) is 6.92 Å². The van der Waals surface area contributed by atoms with Crippen LogP contribution >= 0.6 is 0 Å². The Kier molecular flexibility index (Phi) is 4.20. The van der Waals surface area contributed by atoms with Gasteiger partial charge in [-0.2, -0.15) is 0 Å². The zero-order valence-electron chi connectivity index (χ0n) is 14.2. The molecule has 0 saturated carbocycles. The Labute approximate surface area is 132 Å². The van der Waals surface area contributed by atoms with Crippen LogP contribution < -0.4 is 0 Å². The minimum atomic E-state index is -0.919. The SMILES string of the molecule is CC(CC(=O)c1cccc2c1C(C)(C)CCC2(C)C)C(=O)O. The second-order valence-corrected chi connectivity index (χ2v) is 7.86. The van der Waals surface area contributed by atoms with Crippen LogP contribution in [0.25, 0.3) is 0 Å². The highest BCUT2D eigenvalue weighted by atomic mass is 16.4. The summed E-state index contributed by atoms with van der Waals surface area (Å²) in [6.45, 7) is 10.4. The van der Waals surface area contributed by atoms with Crippen molar-refractivity contribution in [3.63, 3.8) is 0 Å². The number of hydrogen-bond acceptors (Lipinski definition) is 2. The molecule has 0 aromatic heterocycles. The van der Waals surface area contributed by atoms with Crippen molar-refractivity contribution in [2.24, 2.45) is 5.92 Å². The maximum Gasteiger partial charge on any atom is 0.306 e. The second kappa shape index (κ2) is 5.53. The fraction of sp³-hybridized carbons (Fsp3) is 0.579. The van der Waals surface area contributed by atoms with Gasteiger partial charge in [0.15, 0.2) is 5.78 Å². The summed E-state index contributed by atoms with van der Waals surface area (Å²) < 4.78 is 0. The Bertz CT molecular complexity index is 611. The predicted molar refractivity (Wildman–Crippen MR) is 87.5 cm³/mol. The Hall–Kier alpha value is -1.64. The van der Waals surface area contributed by atoms with Crippen molar-refractivity contribution in [3.8, 4) is 0 Å². The number of aliphatic carboxylic acids is 1. The lowest BCUT2D eigenvalue weighted by Crippen LogP contribution is -2.35. The molecule has 1 N–H and O–H groups in total. The van der Waals surface area contributed by atoms with E-state index in [9.17, 15) is 9.59 Å². The normalized spacial score (nSPS) is 20.0. The van der Waals surface area contributed by atoms with E-state index in [0.29, 0.717) is 5.56 Å². The molecule has 0 amide bonds. The third kappa shape index (κ3) is 2.94. The van der Waals surface area contributed by atoms with E-state index >= 15 is 0 Å². The van der Waals surface area contributed by atoms with Gasteiger partial charge in [0.1, 0.15) is 0 Å². The fourth-order valence-corrected chi connectivity index (χ4v) is 3.44. The molecule has 22 heavy (non-hydrogen) atoms. The smallest absolute Gasteiger partial charge is 0.306 e. The summed E-state index contributed by atoms with van der Waals surface area (Å²) in [5.74, 6) is -1.63. The van der Waals surface area contributed by atoms with Crippen molar-refractivity contribution in [2.75, 3.05) is 0 Å². The molecule has 0 saturated heterocycles. The summed E-state index contributed by atoms with van der Waals surface area (Å²) in [5.41, 5.74) is 3.07. The summed E-state index contributed by atoms with van der Waals surface area (Å²) >= 11 is 0. The van der Waals surface area contributed by atoms with Gasteiger partial charge in [-0.3, -0.25) is 9.59 Å². The van der Waals surface area contributed by atoms with E-state index in [0.717, 1.165) is 18.4 Å². The maximum absolute atomic E-state index is 12.7. The summed E-state index contributed by atoms with van der Waals surface area (Å²) in [4.78, 5) is 23.7. The van der Waals surface area contributed by atoms with Gasteiger partial charge >= 0.3 is 5.97 Å². The van der Waals surface area contributed by atoms with E-state index in [4.69, 9.17) is 5.11 Å². The first-order chi connectivity index (χ1) is 10.1. The molecule has 1 aliphatic carbocycles. The lowest BCUT2D eigenvalue weighted by molar-refractivity contribution is -0.141. The molecule has 1 atom stereocenters. The molecule has 0 bridgehead atoms. The first-order valence-electron chi connectivity index (χ1n) is 7.96. The summed E-state index contributed by atoms with van der Waals surface area (Å²) in [5, 5.41) is 9.05. The Morgan fingerprint density at radius 2 is 1.73 bits per heavy atom. The van der Waals surface area contributed by atoms with E-state index in [2.05, 4.69) is 33.8 Å². The maximum atomic E-state index is 12.7. The van der Waals surface area contributed by atoms with Crippen LogP contribution in [-0.4, -0.2) is 16.9 Å². The quantitative estimate of drug-likeness (QED) is 0.842. The second-order valence-electron chi connectivity index (χ2n) is 7.86. The van der Waals surface area contributed by atoms with Crippen molar-refractivity contribution >= 4 is 11.8 Å². The first kappa shape index (κ1) is 16.7. The van der Waals surface area contributed by atoms with Crippen molar-refractivity contribution in [3.05, 3.63) is 34.9 Å². The standard InChI is InChI=1S/C19H26O3/c1-12(17(21)22)11-15(20)13-7-6-8-14-16(13)19(4,5)10-9-18(14,2)3/h6-8,12H,9-11H2,1-5H3,(H,21,22). The molecule has 0 aliphatic heterocycles. The number of carboxylic acid groups (broad SMARTS) is 1. The lowest BCUT2D eigenvalue weighted by Gasteiger charge is -2.42. The minimum absolute atomic E-state index is 0.0520. The highest BCUT2D eigenvalue weighted by Gasteiger charge is 2.39. The van der Waals surface area contributed by atoms with Crippen LogP contribution in [0.5, 0.6) is 0 Å². The summed E-state index contributed by atoms with van der Waals surface area (Å²) in [7, 11) is 0. The molecule has 1 aromatic carbocycles. The minimum Gasteiger partial charge on any atom is -0.481 e. The van der Waals surface area contributed by atoms with E-state index in [-0.39, 0.29) is 23.0 Å². The largest absolute Gasteiger partial charge is 0.481 e. The Balaban J connectivity index is 2.51. The number of carbonyl (C=O) groups is 2. The van der Waals surface area contributed by atoms with Crippen LogP contribution in [0, 0.1) is 5.92 Å². The Morgan fingerprint density at radius 1 is 1.14 bits per heavy atom. The van der Waals surface area contributed by atoms with Crippen LogP contribution in [0.3, 0.4) is 0 Å². The van der Waals surface area contributed by atoms with Gasteiger partial charge in [0, 0.05) is 12.0 Å². The molecule has 1 aromatic rings. The monoisotopic (exact) mass is 302 g/mol. The molecule has 0 heterocycles. The number of benzene rings is 1. The highest BCUT2D eigenvalue weighted by molar-refractivity contribution is 6.00. The zero-order chi connectivity index (χ0) is 16.7. The van der Waals surface area contributed by atoms with Crippen molar-refractivity contribution in [2.45, 2.75) is 64.7 Å². The number of fused-ring (bicyclic) bond motifs is 1. The molecule has 0 radical (unpaired) electrons. The van der Waals surface area contributed by atoms with Gasteiger partial charge in [0.05, 0.1) is 5.92 Å². The molecule has 1 unspecified atom stereocenters. The fourth-order valence-electron chi connectivity index (χ4n) is 3.44. The predicted octanol–water partition coefficient (Wildman–Crippen LogP) is 4.33. The number of Topliss-reactive ketones (excluding diaryl/α,β-unsaturated/α-hetero) is 1. The molecule has 120 valence electrons. The average Bonchev–Trinajstić information content (AvgIpc) is 2.43. The first-order valence-corrected chi connectivity index (χ1v) is 7.96. The van der Waals surface area contributed by atoms with E-state index < -0.39 is 11.9 Å². The van der Waals surface area contributed by atoms with Gasteiger partial charge < -0.3 is 5.11 Å². The topological polar surface area (TPSA) is 54.4 Å². The van der Waals surface area contributed by atoms with Crippen LogP contribution in [-0.2, 0) is 15.6 Å². The van der Waals surface area contributed by atoms with E-state index in [1.165, 1.54) is 5.56 Å². The number of ketones is 1. The van der Waals surface area contributed by atoms with Crippen molar-refractivity contribution in [1.29, 1.82) is 0 Å². The highest BCUT2D eigenvalue weighted by Crippen LogP contribution is 2.47. The van der Waals surface area contributed by atoms with Gasteiger partial charge in [0.25, 0.3) is 0 Å².